The van der Waals surface area contributed by atoms with Gasteiger partial charge in [-0.3, -0.25) is 9.89 Å². The molecule has 1 saturated heterocycles. The van der Waals surface area contributed by atoms with E-state index in [1.165, 1.54) is 47.3 Å². The lowest BCUT2D eigenvalue weighted by atomic mass is 10.2. The molecule has 2 fully saturated rings. The number of hydrogen-bond acceptors (Lipinski definition) is 3. The van der Waals surface area contributed by atoms with Crippen LogP contribution in [0.5, 0.6) is 0 Å². The minimum atomic E-state index is 0.530. The summed E-state index contributed by atoms with van der Waals surface area (Å²) in [7, 11) is 1.85. The Bertz CT molecular complexity index is 510. The average Bonchev–Trinajstić information content (AvgIpc) is 3.24. The van der Waals surface area contributed by atoms with Crippen LogP contribution >= 0.6 is 27.3 Å². The fraction of sp³-hybridized carbons (Fsp3) is 0.688. The van der Waals surface area contributed by atoms with Gasteiger partial charge in [0.1, 0.15) is 0 Å². The summed E-state index contributed by atoms with van der Waals surface area (Å²) < 4.78 is 1.18. The molecule has 1 aliphatic carbocycles. The minimum Gasteiger partial charge on any atom is -0.352 e. The van der Waals surface area contributed by atoms with E-state index in [1.54, 1.807) is 11.3 Å². The largest absolute Gasteiger partial charge is 0.352 e. The number of hydrogen-bond donors (Lipinski definition) is 2. The van der Waals surface area contributed by atoms with Gasteiger partial charge in [0.2, 0.25) is 0 Å². The van der Waals surface area contributed by atoms with Gasteiger partial charge in [-0.15, -0.1) is 11.3 Å². The number of halogens is 1. The molecular formula is C16H25BrN4S. The molecule has 1 aromatic heterocycles. The van der Waals surface area contributed by atoms with Crippen molar-refractivity contribution in [2.24, 2.45) is 4.99 Å². The summed E-state index contributed by atoms with van der Waals surface area (Å²) in [6, 6.07) is 5.60. The smallest absolute Gasteiger partial charge is 0.191 e. The van der Waals surface area contributed by atoms with Crippen molar-refractivity contribution in [2.75, 3.05) is 20.1 Å². The van der Waals surface area contributed by atoms with Crippen molar-refractivity contribution in [1.82, 2.24) is 15.5 Å². The molecule has 22 heavy (non-hydrogen) atoms. The summed E-state index contributed by atoms with van der Waals surface area (Å²) in [5.74, 6) is 0.919. The van der Waals surface area contributed by atoms with E-state index >= 15 is 0 Å². The van der Waals surface area contributed by atoms with E-state index in [-0.39, 0.29) is 0 Å². The highest BCUT2D eigenvalue weighted by Gasteiger charge is 2.30. The molecule has 1 atom stereocenters. The molecule has 0 spiro atoms. The molecule has 1 saturated carbocycles. The van der Waals surface area contributed by atoms with Crippen molar-refractivity contribution in [3.8, 4) is 0 Å². The van der Waals surface area contributed by atoms with Crippen LogP contribution in [0.15, 0.2) is 20.9 Å². The van der Waals surface area contributed by atoms with Crippen molar-refractivity contribution in [3.63, 3.8) is 0 Å². The number of guanidine groups is 1. The molecule has 2 aliphatic rings. The van der Waals surface area contributed by atoms with Crippen molar-refractivity contribution >= 4 is 33.2 Å². The third-order valence-electron chi connectivity index (χ3n) is 4.68. The first-order valence-electron chi connectivity index (χ1n) is 8.20. The minimum absolute atomic E-state index is 0.530. The van der Waals surface area contributed by atoms with Crippen LogP contribution in [0.2, 0.25) is 0 Å². The van der Waals surface area contributed by atoms with Crippen LogP contribution in [0.3, 0.4) is 0 Å². The highest BCUT2D eigenvalue weighted by atomic mass is 79.9. The van der Waals surface area contributed by atoms with E-state index < -0.39 is 0 Å². The number of aliphatic imine (C=N–C) groups is 1. The zero-order valence-electron chi connectivity index (χ0n) is 13.1. The van der Waals surface area contributed by atoms with Gasteiger partial charge >= 0.3 is 0 Å². The predicted octanol–water partition coefficient (Wildman–Crippen LogP) is 3.19. The molecule has 1 aromatic rings. The Hall–Kier alpha value is -0.590. The maximum Gasteiger partial charge on any atom is 0.191 e. The normalized spacial score (nSPS) is 24.1. The zero-order valence-corrected chi connectivity index (χ0v) is 15.5. The van der Waals surface area contributed by atoms with Crippen LogP contribution in [0.1, 0.15) is 37.0 Å². The number of rotatable bonds is 4. The monoisotopic (exact) mass is 384 g/mol. The van der Waals surface area contributed by atoms with Gasteiger partial charge in [-0.2, -0.15) is 0 Å². The Labute approximate surface area is 145 Å². The lowest BCUT2D eigenvalue weighted by Crippen LogP contribution is -2.44. The lowest BCUT2D eigenvalue weighted by molar-refractivity contribution is 0.242. The highest BCUT2D eigenvalue weighted by molar-refractivity contribution is 9.11. The van der Waals surface area contributed by atoms with Crippen molar-refractivity contribution in [1.29, 1.82) is 0 Å². The Morgan fingerprint density at radius 3 is 2.86 bits per heavy atom. The SMILES string of the molecule is CN=C(NCc1ccc(Br)s1)NC1CCN(C2CCCC2)C1. The molecule has 1 unspecified atom stereocenters. The summed E-state index contributed by atoms with van der Waals surface area (Å²) >= 11 is 5.27. The van der Waals surface area contributed by atoms with Gasteiger partial charge in [0.15, 0.2) is 5.96 Å². The molecule has 0 radical (unpaired) electrons. The molecule has 2 N–H and O–H groups in total. The molecule has 2 heterocycles. The summed E-state index contributed by atoms with van der Waals surface area (Å²) in [5, 5.41) is 7.01. The van der Waals surface area contributed by atoms with E-state index in [0.717, 1.165) is 25.1 Å². The highest BCUT2D eigenvalue weighted by Crippen LogP contribution is 2.26. The van der Waals surface area contributed by atoms with Gasteiger partial charge < -0.3 is 10.6 Å². The van der Waals surface area contributed by atoms with E-state index in [1.807, 2.05) is 7.05 Å². The van der Waals surface area contributed by atoms with Crippen molar-refractivity contribution < 1.29 is 0 Å². The van der Waals surface area contributed by atoms with Gasteiger partial charge in [0.05, 0.1) is 10.3 Å². The van der Waals surface area contributed by atoms with Crippen LogP contribution in [0.4, 0.5) is 0 Å². The first-order valence-corrected chi connectivity index (χ1v) is 9.81. The Balaban J connectivity index is 1.44. The Morgan fingerprint density at radius 1 is 1.36 bits per heavy atom. The summed E-state index contributed by atoms with van der Waals surface area (Å²) in [6.07, 6.45) is 6.85. The average molecular weight is 385 g/mol. The van der Waals surface area contributed by atoms with E-state index in [0.29, 0.717) is 6.04 Å². The molecule has 1 aliphatic heterocycles. The number of thiophene rings is 1. The van der Waals surface area contributed by atoms with Crippen molar-refractivity contribution in [3.05, 3.63) is 20.8 Å². The molecule has 122 valence electrons. The molecule has 0 aromatic carbocycles. The Kier molecular flexibility index (Phi) is 5.77. The van der Waals surface area contributed by atoms with Gasteiger partial charge in [-0.05, 0) is 47.3 Å². The number of nitrogens with one attached hydrogen (secondary N) is 2. The van der Waals surface area contributed by atoms with Crippen LogP contribution in [0, 0.1) is 0 Å². The maximum atomic E-state index is 4.36. The topological polar surface area (TPSA) is 39.7 Å². The van der Waals surface area contributed by atoms with Crippen LogP contribution < -0.4 is 10.6 Å². The van der Waals surface area contributed by atoms with Gasteiger partial charge in [0.25, 0.3) is 0 Å². The van der Waals surface area contributed by atoms with Gasteiger partial charge in [-0.1, -0.05) is 12.8 Å². The van der Waals surface area contributed by atoms with Crippen molar-refractivity contribution in [2.45, 2.75) is 50.7 Å². The summed E-state index contributed by atoms with van der Waals surface area (Å²) in [6.45, 7) is 3.22. The second-order valence-corrected chi connectivity index (χ2v) is 8.74. The van der Waals surface area contributed by atoms with Crippen LogP contribution in [-0.2, 0) is 6.54 Å². The number of likely N-dealkylation sites (tertiary alicyclic amines) is 1. The summed E-state index contributed by atoms with van der Waals surface area (Å²) in [4.78, 5) is 8.35. The summed E-state index contributed by atoms with van der Waals surface area (Å²) in [5.41, 5.74) is 0. The third kappa shape index (κ3) is 4.24. The predicted molar refractivity (Wildman–Crippen MR) is 97.6 cm³/mol. The molecule has 4 nitrogen and oxygen atoms in total. The van der Waals surface area contributed by atoms with E-state index in [9.17, 15) is 0 Å². The third-order valence-corrected chi connectivity index (χ3v) is 6.31. The number of nitrogens with zero attached hydrogens (tertiary/aromatic N) is 2. The molecule has 0 amide bonds. The first kappa shape index (κ1) is 16.3. The molecule has 0 bridgehead atoms. The lowest BCUT2D eigenvalue weighted by Gasteiger charge is -2.24. The fourth-order valence-corrected chi connectivity index (χ4v) is 4.93. The fourth-order valence-electron chi connectivity index (χ4n) is 3.51. The quantitative estimate of drug-likeness (QED) is 0.618. The zero-order chi connectivity index (χ0) is 15.4. The maximum absolute atomic E-state index is 4.36. The van der Waals surface area contributed by atoms with Crippen LogP contribution in [-0.4, -0.2) is 43.1 Å². The molecular weight excluding hydrogens is 360 g/mol. The molecule has 3 rings (SSSR count). The standard InChI is InChI=1S/C16H25BrN4S/c1-18-16(19-10-14-6-7-15(17)22-14)20-12-8-9-21(11-12)13-4-2-3-5-13/h6-7,12-13H,2-5,8-11H2,1H3,(H2,18,19,20). The van der Waals surface area contributed by atoms with Crippen LogP contribution in [0.25, 0.3) is 0 Å². The van der Waals surface area contributed by atoms with Gasteiger partial charge in [-0.25, -0.2) is 0 Å². The van der Waals surface area contributed by atoms with E-state index in [2.05, 4.69) is 48.6 Å². The Morgan fingerprint density at radius 2 is 2.18 bits per heavy atom. The second kappa shape index (κ2) is 7.79. The molecule has 6 heteroatoms. The van der Waals surface area contributed by atoms with Gasteiger partial charge in [0, 0.05) is 37.1 Å². The first-order chi connectivity index (χ1) is 10.7. The second-order valence-electron chi connectivity index (χ2n) is 6.19. The van der Waals surface area contributed by atoms with E-state index in [4.69, 9.17) is 0 Å².